The predicted octanol–water partition coefficient (Wildman–Crippen LogP) is 10.3. The van der Waals surface area contributed by atoms with Crippen molar-refractivity contribution in [2.24, 2.45) is 5.73 Å². The summed E-state index contributed by atoms with van der Waals surface area (Å²) in [7, 11) is 0. The van der Waals surface area contributed by atoms with Gasteiger partial charge in [0.05, 0.1) is 44.6 Å². The number of urea groups is 1. The fourth-order valence-corrected chi connectivity index (χ4v) is 8.89. The van der Waals surface area contributed by atoms with Crippen LogP contribution in [0.2, 0.25) is 0 Å². The number of ether oxygens (including phenoxy) is 1. The maximum atomic E-state index is 12.9. The molecule has 0 aliphatic rings. The molecule has 30 heteroatoms. The number of aromatic hydroxyl groups is 5. The second-order valence-corrected chi connectivity index (χ2v) is 23.1. The van der Waals surface area contributed by atoms with Crippen LogP contribution in [0.4, 0.5) is 19.2 Å². The van der Waals surface area contributed by atoms with Gasteiger partial charge in [-0.2, -0.15) is 9.59 Å². The number of nitrogens with zero attached hydrogens (tertiary/aromatic N) is 4. The van der Waals surface area contributed by atoms with Gasteiger partial charge in [-0.25, -0.2) is 63.0 Å². The molecule has 4 amide bonds. The Morgan fingerprint density at radius 3 is 1.10 bits per heavy atom. The Hall–Kier alpha value is -10.4. The predicted molar refractivity (Wildman–Crippen MR) is 378 cm³/mol. The molecule has 0 saturated heterocycles. The van der Waals surface area contributed by atoms with Gasteiger partial charge >= 0.3 is 36.4 Å². The minimum absolute atomic E-state index is 0.0357. The van der Waals surface area contributed by atoms with E-state index in [1.54, 1.807) is 104 Å². The lowest BCUT2D eigenvalue weighted by Gasteiger charge is -2.26. The van der Waals surface area contributed by atoms with Gasteiger partial charge in [-0.15, -0.1) is 0 Å². The van der Waals surface area contributed by atoms with E-state index in [9.17, 15) is 44.4 Å². The molecule has 7 aromatic rings. The van der Waals surface area contributed by atoms with Crippen molar-refractivity contribution in [1.29, 1.82) is 0 Å². The molecule has 0 fully saturated rings. The van der Waals surface area contributed by atoms with Crippen LogP contribution in [-0.2, 0) is 80.6 Å². The van der Waals surface area contributed by atoms with Gasteiger partial charge in [0.1, 0.15) is 65.8 Å². The highest BCUT2D eigenvalue weighted by Gasteiger charge is 2.26. The van der Waals surface area contributed by atoms with Crippen LogP contribution >= 0.6 is 0 Å². The first-order valence-electron chi connectivity index (χ1n) is 33.6. The first-order valence-corrected chi connectivity index (χ1v) is 33.6. The minimum atomic E-state index is -1.11. The Kier molecular flexibility index (Phi) is 45.2. The van der Waals surface area contributed by atoms with E-state index in [0.717, 1.165) is 70.9 Å². The van der Waals surface area contributed by atoms with E-state index >= 15 is 0 Å². The number of esters is 1. The lowest BCUT2D eigenvalue weighted by Crippen LogP contribution is -2.51. The van der Waals surface area contributed by atoms with Crippen molar-refractivity contribution in [3.63, 3.8) is 0 Å². The van der Waals surface area contributed by atoms with Crippen LogP contribution in [0.1, 0.15) is 122 Å². The topological polar surface area (TPSA) is 435 Å². The summed E-state index contributed by atoms with van der Waals surface area (Å²) in [5.41, 5.74) is 10.5. The summed E-state index contributed by atoms with van der Waals surface area (Å²) in [6.45, 7) is 17.2. The third-order valence-corrected chi connectivity index (χ3v) is 14.3. The van der Waals surface area contributed by atoms with E-state index in [4.69, 9.17) is 64.7 Å². The quantitative estimate of drug-likeness (QED) is 0.00771. The number of phenolic OH excluding ortho intramolecular Hbond substituents is 5. The number of carboxylic acid groups (broad SMARTS) is 2. The molecule has 7 rings (SSSR count). The molecule has 8 unspecified atom stereocenters. The zero-order valence-corrected chi connectivity index (χ0v) is 59.4. The number of hydrogen-bond acceptors (Lipinski definition) is 22. The lowest BCUT2D eigenvalue weighted by atomic mass is 10.0. The highest BCUT2D eigenvalue weighted by Crippen LogP contribution is 2.19. The molecule has 8 atom stereocenters. The van der Waals surface area contributed by atoms with Crippen LogP contribution in [0.5, 0.6) is 28.7 Å². The number of carbonyl (C=O) groups excluding carboxylic acids is 5. The van der Waals surface area contributed by atoms with Crippen molar-refractivity contribution in [1.82, 2.24) is 40.4 Å². The maximum Gasteiger partial charge on any atom is 0.416 e. The number of nitrogens with one attached hydrogen (secondary N) is 4. The van der Waals surface area contributed by atoms with Crippen molar-refractivity contribution >= 4 is 36.4 Å². The smallest absolute Gasteiger partial charge is 0.416 e. The van der Waals surface area contributed by atoms with Gasteiger partial charge in [-0.1, -0.05) is 102 Å². The summed E-state index contributed by atoms with van der Waals surface area (Å²) in [5.74, 6) is 0.618. The van der Waals surface area contributed by atoms with Crippen LogP contribution in [0, 0.1) is 0 Å². The molecule has 5 aromatic carbocycles. The average Bonchev–Trinajstić information content (AvgIpc) is 1.69. The Morgan fingerprint density at radius 2 is 0.786 bits per heavy atom. The zero-order chi connectivity index (χ0) is 76.3. The summed E-state index contributed by atoms with van der Waals surface area (Å²) in [4.78, 5) is 112. The van der Waals surface area contributed by atoms with Crippen molar-refractivity contribution in [2.75, 3.05) is 26.4 Å². The SMILES string of the molecule is CCCOC(=O)C(N)Cc1ccc(O)cc1.CCCOOC(C)C(Cc1ccc(O)cc1)NC(=O)NC(CCC)Cc1ccc(O)cc1.CCCOOC(C)C(Cc1ccc(O)cc1)NC(=O)O.CCCOOC(C)C(Cc1ccc(O)cc1)NC(=O)n1ccnc1.O=C(O)n1ccnc1.O=C=O. The van der Waals surface area contributed by atoms with Gasteiger partial charge in [0.25, 0.3) is 0 Å². The monoisotopic (exact) mass is 1440 g/mol. The van der Waals surface area contributed by atoms with Gasteiger partial charge in [0.2, 0.25) is 0 Å². The van der Waals surface area contributed by atoms with Crippen molar-refractivity contribution < 1.29 is 103 Å². The Balaban J connectivity index is 0.000000454. The molecule has 0 aliphatic carbocycles. The Labute approximate surface area is 599 Å². The molecule has 0 spiro atoms. The first-order chi connectivity index (χ1) is 49.4. The van der Waals surface area contributed by atoms with E-state index in [0.29, 0.717) is 58.5 Å². The average molecular weight is 1440 g/mol. The molecule has 564 valence electrons. The number of imidazole rings is 2. The van der Waals surface area contributed by atoms with Crippen LogP contribution in [-0.4, -0.2) is 166 Å². The second kappa shape index (κ2) is 52.5. The fraction of sp³-hybridized carbons (Fsp3) is 0.425. The van der Waals surface area contributed by atoms with Crippen LogP contribution in [0.3, 0.4) is 0 Å². The van der Waals surface area contributed by atoms with Crippen LogP contribution in [0.25, 0.3) is 0 Å². The van der Waals surface area contributed by atoms with Crippen LogP contribution in [0.15, 0.2) is 159 Å². The van der Waals surface area contributed by atoms with E-state index in [2.05, 4.69) is 38.2 Å². The van der Waals surface area contributed by atoms with Gasteiger partial charge in [-0.3, -0.25) is 9.36 Å². The molecule has 0 bridgehead atoms. The van der Waals surface area contributed by atoms with Crippen molar-refractivity contribution in [2.45, 2.75) is 175 Å². The Bertz CT molecular complexity index is 3420. The number of carbonyl (C=O) groups is 5. The van der Waals surface area contributed by atoms with Crippen molar-refractivity contribution in [3.8, 4) is 28.7 Å². The standard InChI is InChI=1S/C25H36N2O5.C17H23N3O4.C14H21NO5.C12H17NO3.C4H4N2O2.CO2/c1-4-6-21(16-19-7-11-22(28)12-8-19)26-25(30)27-24(18(3)32-31-15-5-2)17-20-9-13-23(29)14-10-20;1-3-10-23-24-13(2)16(11-14-4-6-15(21)7-5-14)19-17(22)20-9-8-18-12-20;1-3-8-19-20-10(2)13(15-14(17)18)9-11-4-6-12(16)7-5-11;1-2-7-16-12(15)11(13)8-9-3-5-10(14)6-4-9;7-4(8)6-2-1-5-3-6;2-1-3/h7-14,18,21,24,28-29H,4-6,15-17H2,1-3H3,(H2,26,27,30);4-9,12-13,16,21H,3,10-11H2,1-2H3,(H,19,22);4-7,10,13,15-16H,3,8-9H2,1-2H3,(H,17,18);3-6,11,14H,2,7-8,13H2,1H3;1-3H,(H,7,8);. The van der Waals surface area contributed by atoms with E-state index in [1.807, 2.05) is 77.9 Å². The fourth-order valence-electron chi connectivity index (χ4n) is 8.89. The highest BCUT2D eigenvalue weighted by atomic mass is 17.2. The van der Waals surface area contributed by atoms with Gasteiger partial charge in [0, 0.05) is 30.8 Å². The number of rotatable bonds is 34. The maximum absolute atomic E-state index is 12.9. The minimum Gasteiger partial charge on any atom is -0.508 e. The lowest BCUT2D eigenvalue weighted by molar-refractivity contribution is -0.324. The molecule has 13 N–H and O–H groups in total. The van der Waals surface area contributed by atoms with E-state index in [-0.39, 0.29) is 83.3 Å². The number of amides is 4. The summed E-state index contributed by atoms with van der Waals surface area (Å²) < 4.78 is 7.27. The zero-order valence-electron chi connectivity index (χ0n) is 59.4. The number of phenols is 5. The normalized spacial score (nSPS) is 12.7. The van der Waals surface area contributed by atoms with Gasteiger partial charge < -0.3 is 67.5 Å². The third kappa shape index (κ3) is 40.0. The molecule has 0 saturated carbocycles. The molecule has 0 radical (unpaired) electrons. The Morgan fingerprint density at radius 1 is 0.456 bits per heavy atom. The number of nitrogens with two attached hydrogens (primary N) is 1. The number of aromatic nitrogens is 4. The molecule has 103 heavy (non-hydrogen) atoms. The number of benzene rings is 5. The molecular formula is C73H101N9O21. The first kappa shape index (κ1) is 88.7. The largest absolute Gasteiger partial charge is 0.508 e. The summed E-state index contributed by atoms with van der Waals surface area (Å²) >= 11 is 0. The second-order valence-electron chi connectivity index (χ2n) is 23.1. The van der Waals surface area contributed by atoms with Gasteiger partial charge in [-0.05, 0) is 173 Å². The third-order valence-electron chi connectivity index (χ3n) is 14.3. The molecule has 2 heterocycles. The van der Waals surface area contributed by atoms with Crippen molar-refractivity contribution in [3.05, 3.63) is 187 Å². The highest BCUT2D eigenvalue weighted by molar-refractivity contribution is 5.77. The van der Waals surface area contributed by atoms with Crippen LogP contribution < -0.4 is 27.0 Å². The number of hydrogen-bond donors (Lipinski definition) is 12. The summed E-state index contributed by atoms with van der Waals surface area (Å²) in [6, 6.07) is 31.7. The molecule has 30 nitrogen and oxygen atoms in total. The molecular weight excluding hydrogens is 1340 g/mol. The van der Waals surface area contributed by atoms with Gasteiger partial charge in [0.15, 0.2) is 0 Å². The van der Waals surface area contributed by atoms with E-state index < -0.39 is 30.4 Å². The van der Waals surface area contributed by atoms with E-state index in [1.165, 1.54) is 29.6 Å². The molecule has 2 aromatic heterocycles. The summed E-state index contributed by atoms with van der Waals surface area (Å²) in [5, 5.41) is 75.3. The molecule has 0 aliphatic heterocycles. The summed E-state index contributed by atoms with van der Waals surface area (Å²) in [6.07, 6.45) is 13.2.